The molecule has 1 nitrogen and oxygen atoms in total. The molecule has 1 unspecified atom stereocenters. The zero-order chi connectivity index (χ0) is 15.6. The summed E-state index contributed by atoms with van der Waals surface area (Å²) in [6.45, 7) is 0. The van der Waals surface area contributed by atoms with E-state index in [-0.39, 0.29) is 5.56 Å². The van der Waals surface area contributed by atoms with Gasteiger partial charge in [0, 0.05) is 9.50 Å². The number of hydrogen-bond donors (Lipinski definition) is 1. The van der Waals surface area contributed by atoms with Crippen LogP contribution in [-0.2, 0) is 6.18 Å². The molecule has 0 fully saturated rings. The molecule has 0 aliphatic carbocycles. The summed E-state index contributed by atoms with van der Waals surface area (Å²) >= 11 is 9.46. The van der Waals surface area contributed by atoms with Gasteiger partial charge in [0.1, 0.15) is 0 Å². The summed E-state index contributed by atoms with van der Waals surface area (Å²) in [5.74, 6) is 0. The van der Waals surface area contributed by atoms with Crippen molar-refractivity contribution in [3.8, 4) is 0 Å². The van der Waals surface area contributed by atoms with E-state index in [2.05, 4.69) is 21.2 Å². The van der Waals surface area contributed by atoms with Crippen LogP contribution >= 0.6 is 27.5 Å². The standard InChI is InChI=1S/C15H12BrClF3N/c1-21-14(11-8-9(16)6-7-13(11)17)10-4-2-3-5-12(10)15(18,19)20/h2-8,14,21H,1H3. The molecule has 1 atom stereocenters. The fraction of sp³-hybridized carbons (Fsp3) is 0.200. The average Bonchev–Trinajstić information content (AvgIpc) is 2.43. The molecule has 0 bridgehead atoms. The Morgan fingerprint density at radius 3 is 2.38 bits per heavy atom. The fourth-order valence-electron chi connectivity index (χ4n) is 2.22. The molecule has 0 amide bonds. The van der Waals surface area contributed by atoms with Crippen LogP contribution in [-0.4, -0.2) is 7.05 Å². The summed E-state index contributed by atoms with van der Waals surface area (Å²) in [7, 11) is 1.61. The second-order valence-electron chi connectivity index (χ2n) is 4.47. The summed E-state index contributed by atoms with van der Waals surface area (Å²) in [6, 6.07) is 9.97. The van der Waals surface area contributed by atoms with Crippen LogP contribution in [0.15, 0.2) is 46.9 Å². The van der Waals surface area contributed by atoms with Crippen molar-refractivity contribution >= 4 is 27.5 Å². The number of hydrogen-bond acceptors (Lipinski definition) is 1. The third kappa shape index (κ3) is 3.59. The highest BCUT2D eigenvalue weighted by Gasteiger charge is 2.35. The molecule has 0 spiro atoms. The topological polar surface area (TPSA) is 12.0 Å². The van der Waals surface area contributed by atoms with Gasteiger partial charge in [0.05, 0.1) is 11.6 Å². The lowest BCUT2D eigenvalue weighted by Crippen LogP contribution is -2.22. The summed E-state index contributed by atoms with van der Waals surface area (Å²) < 4.78 is 40.3. The lowest BCUT2D eigenvalue weighted by molar-refractivity contribution is -0.138. The van der Waals surface area contributed by atoms with Gasteiger partial charge in [-0.25, -0.2) is 0 Å². The molecule has 1 N–H and O–H groups in total. The second-order valence-corrected chi connectivity index (χ2v) is 5.80. The van der Waals surface area contributed by atoms with Crippen molar-refractivity contribution in [2.75, 3.05) is 7.05 Å². The van der Waals surface area contributed by atoms with E-state index in [9.17, 15) is 13.2 Å². The first-order valence-electron chi connectivity index (χ1n) is 6.13. The largest absolute Gasteiger partial charge is 0.416 e. The van der Waals surface area contributed by atoms with Gasteiger partial charge in [-0.15, -0.1) is 0 Å². The predicted molar refractivity (Wildman–Crippen MR) is 81.5 cm³/mol. The molecule has 21 heavy (non-hydrogen) atoms. The molecular weight excluding hydrogens is 367 g/mol. The van der Waals surface area contributed by atoms with E-state index >= 15 is 0 Å². The van der Waals surface area contributed by atoms with Crippen LogP contribution < -0.4 is 5.32 Å². The Bertz CT molecular complexity index is 643. The SMILES string of the molecule is CNC(c1cc(Br)ccc1Cl)c1ccccc1C(F)(F)F. The van der Waals surface area contributed by atoms with Gasteiger partial charge in [0.2, 0.25) is 0 Å². The van der Waals surface area contributed by atoms with E-state index in [1.807, 2.05) is 0 Å². The van der Waals surface area contributed by atoms with E-state index in [1.165, 1.54) is 12.1 Å². The zero-order valence-electron chi connectivity index (χ0n) is 11.0. The predicted octanol–water partition coefficient (Wildman–Crippen LogP) is 5.43. The monoisotopic (exact) mass is 377 g/mol. The molecule has 0 radical (unpaired) electrons. The lowest BCUT2D eigenvalue weighted by Gasteiger charge is -2.22. The van der Waals surface area contributed by atoms with Gasteiger partial charge in [-0.1, -0.05) is 45.7 Å². The minimum Gasteiger partial charge on any atom is -0.309 e. The van der Waals surface area contributed by atoms with Crippen molar-refractivity contribution in [3.63, 3.8) is 0 Å². The maximum absolute atomic E-state index is 13.2. The van der Waals surface area contributed by atoms with E-state index in [4.69, 9.17) is 11.6 Å². The van der Waals surface area contributed by atoms with Gasteiger partial charge in [0.25, 0.3) is 0 Å². The molecule has 0 heterocycles. The van der Waals surface area contributed by atoms with Crippen LogP contribution in [0.1, 0.15) is 22.7 Å². The van der Waals surface area contributed by atoms with Gasteiger partial charge in [0.15, 0.2) is 0 Å². The lowest BCUT2D eigenvalue weighted by atomic mass is 9.94. The number of alkyl halides is 3. The molecule has 2 rings (SSSR count). The number of benzene rings is 2. The number of halogens is 5. The van der Waals surface area contributed by atoms with Crippen LogP contribution in [0.4, 0.5) is 13.2 Å². The average molecular weight is 379 g/mol. The van der Waals surface area contributed by atoms with Crippen molar-refractivity contribution in [3.05, 3.63) is 68.7 Å². The quantitative estimate of drug-likeness (QED) is 0.751. The van der Waals surface area contributed by atoms with E-state index in [0.29, 0.717) is 10.6 Å². The summed E-state index contributed by atoms with van der Waals surface area (Å²) in [6.07, 6.45) is -4.41. The van der Waals surface area contributed by atoms with Crippen molar-refractivity contribution < 1.29 is 13.2 Å². The molecule has 6 heteroatoms. The Morgan fingerprint density at radius 2 is 1.76 bits per heavy atom. The van der Waals surface area contributed by atoms with Gasteiger partial charge in [-0.05, 0) is 42.4 Å². The first kappa shape index (κ1) is 16.3. The minimum absolute atomic E-state index is 0.146. The highest BCUT2D eigenvalue weighted by Crippen LogP contribution is 2.38. The normalized spacial score (nSPS) is 13.2. The highest BCUT2D eigenvalue weighted by molar-refractivity contribution is 9.10. The molecule has 0 aromatic heterocycles. The van der Waals surface area contributed by atoms with Crippen LogP contribution in [0.2, 0.25) is 5.02 Å². The first-order valence-corrected chi connectivity index (χ1v) is 7.30. The molecule has 0 aliphatic rings. The maximum Gasteiger partial charge on any atom is 0.416 e. The van der Waals surface area contributed by atoms with Crippen molar-refractivity contribution in [2.24, 2.45) is 0 Å². The molecule has 2 aromatic carbocycles. The Hall–Kier alpha value is -1.04. The van der Waals surface area contributed by atoms with Crippen molar-refractivity contribution in [1.29, 1.82) is 0 Å². The summed E-state index contributed by atoms with van der Waals surface area (Å²) in [5.41, 5.74) is 0.0677. The Morgan fingerprint density at radius 1 is 1.10 bits per heavy atom. The van der Waals surface area contributed by atoms with Gasteiger partial charge < -0.3 is 5.32 Å². The fourth-order valence-corrected chi connectivity index (χ4v) is 2.83. The zero-order valence-corrected chi connectivity index (χ0v) is 13.4. The van der Waals surface area contributed by atoms with Gasteiger partial charge in [-0.2, -0.15) is 13.2 Å². The maximum atomic E-state index is 13.2. The minimum atomic E-state index is -4.41. The first-order chi connectivity index (χ1) is 9.84. The third-order valence-electron chi connectivity index (χ3n) is 3.13. The van der Waals surface area contributed by atoms with Crippen LogP contribution in [0.3, 0.4) is 0 Å². The summed E-state index contributed by atoms with van der Waals surface area (Å²) in [4.78, 5) is 0. The van der Waals surface area contributed by atoms with Crippen LogP contribution in [0, 0.1) is 0 Å². The van der Waals surface area contributed by atoms with E-state index in [1.54, 1.807) is 31.3 Å². The van der Waals surface area contributed by atoms with Crippen LogP contribution in [0.25, 0.3) is 0 Å². The van der Waals surface area contributed by atoms with E-state index < -0.39 is 17.8 Å². The summed E-state index contributed by atoms with van der Waals surface area (Å²) in [5, 5.41) is 3.32. The molecule has 0 aliphatic heterocycles. The van der Waals surface area contributed by atoms with Crippen molar-refractivity contribution in [1.82, 2.24) is 5.32 Å². The second kappa shape index (κ2) is 6.38. The van der Waals surface area contributed by atoms with Crippen molar-refractivity contribution in [2.45, 2.75) is 12.2 Å². The van der Waals surface area contributed by atoms with Gasteiger partial charge in [-0.3, -0.25) is 0 Å². The van der Waals surface area contributed by atoms with E-state index in [0.717, 1.165) is 10.5 Å². The third-order valence-corrected chi connectivity index (χ3v) is 3.97. The molecular formula is C15H12BrClF3N. The molecule has 0 saturated heterocycles. The number of rotatable bonds is 3. The Labute approximate surface area is 134 Å². The smallest absolute Gasteiger partial charge is 0.309 e. The molecule has 2 aromatic rings. The highest BCUT2D eigenvalue weighted by atomic mass is 79.9. The van der Waals surface area contributed by atoms with Crippen LogP contribution in [0.5, 0.6) is 0 Å². The molecule has 112 valence electrons. The Kier molecular flexibility index (Phi) is 4.96. The number of nitrogens with one attached hydrogen (secondary N) is 1. The Balaban J connectivity index is 2.60. The molecule has 0 saturated carbocycles. The van der Waals surface area contributed by atoms with Gasteiger partial charge >= 0.3 is 6.18 Å².